The van der Waals surface area contributed by atoms with Crippen molar-refractivity contribution in [3.63, 3.8) is 0 Å². The lowest BCUT2D eigenvalue weighted by molar-refractivity contribution is 0.0535. The summed E-state index contributed by atoms with van der Waals surface area (Å²) >= 11 is 0. The molecule has 3 N–H and O–H groups in total. The smallest absolute Gasteiger partial charge is 0.221 e. The van der Waals surface area contributed by atoms with Crippen molar-refractivity contribution in [3.05, 3.63) is 11.9 Å². The average molecular weight is 270 g/mol. The molecule has 0 saturated heterocycles. The fourth-order valence-corrected chi connectivity index (χ4v) is 1.56. The SMILES string of the molecule is CCCc1c(NN)ncnc1OCCOCCOC. The summed E-state index contributed by atoms with van der Waals surface area (Å²) in [6.45, 7) is 4.13. The fourth-order valence-electron chi connectivity index (χ4n) is 1.56. The highest BCUT2D eigenvalue weighted by molar-refractivity contribution is 5.47. The van der Waals surface area contributed by atoms with Gasteiger partial charge >= 0.3 is 0 Å². The van der Waals surface area contributed by atoms with Crippen LogP contribution in [-0.4, -0.2) is 43.5 Å². The first kappa shape index (κ1) is 15.6. The van der Waals surface area contributed by atoms with Crippen LogP contribution in [-0.2, 0) is 15.9 Å². The molecule has 0 aromatic carbocycles. The largest absolute Gasteiger partial charge is 0.475 e. The molecule has 0 amide bonds. The van der Waals surface area contributed by atoms with E-state index in [-0.39, 0.29) is 0 Å². The zero-order valence-corrected chi connectivity index (χ0v) is 11.5. The van der Waals surface area contributed by atoms with Crippen LogP contribution in [0.2, 0.25) is 0 Å². The van der Waals surface area contributed by atoms with Gasteiger partial charge in [0.05, 0.1) is 25.4 Å². The van der Waals surface area contributed by atoms with Crippen molar-refractivity contribution in [2.75, 3.05) is 39.0 Å². The Kier molecular flexibility index (Phi) is 7.80. The Morgan fingerprint density at radius 3 is 2.68 bits per heavy atom. The van der Waals surface area contributed by atoms with Crippen LogP contribution < -0.4 is 16.0 Å². The third kappa shape index (κ3) is 5.37. The summed E-state index contributed by atoms with van der Waals surface area (Å²) in [5.74, 6) is 6.58. The number of hydrogen-bond donors (Lipinski definition) is 2. The Bertz CT molecular complexity index is 363. The molecule has 0 aliphatic rings. The number of nitrogens with one attached hydrogen (secondary N) is 1. The Morgan fingerprint density at radius 2 is 2.00 bits per heavy atom. The minimum atomic E-state index is 0.432. The summed E-state index contributed by atoms with van der Waals surface area (Å²) < 4.78 is 15.8. The van der Waals surface area contributed by atoms with Crippen molar-refractivity contribution < 1.29 is 14.2 Å². The maximum absolute atomic E-state index is 5.60. The molecule has 0 unspecified atom stereocenters. The van der Waals surface area contributed by atoms with Crippen molar-refractivity contribution in [2.24, 2.45) is 5.84 Å². The highest BCUT2D eigenvalue weighted by Gasteiger charge is 2.10. The molecule has 0 aliphatic carbocycles. The summed E-state index contributed by atoms with van der Waals surface area (Å²) in [5, 5.41) is 0. The molecule has 7 heteroatoms. The molecule has 108 valence electrons. The zero-order chi connectivity index (χ0) is 13.9. The number of rotatable bonds is 10. The number of nitrogens with two attached hydrogens (primary N) is 1. The second kappa shape index (κ2) is 9.48. The number of nitrogen functional groups attached to an aromatic ring is 1. The second-order valence-electron chi connectivity index (χ2n) is 3.85. The fraction of sp³-hybridized carbons (Fsp3) is 0.667. The van der Waals surface area contributed by atoms with Gasteiger partial charge in [0, 0.05) is 7.11 Å². The molecule has 19 heavy (non-hydrogen) atoms. The molecule has 0 radical (unpaired) electrons. The maximum Gasteiger partial charge on any atom is 0.221 e. The van der Waals surface area contributed by atoms with E-state index in [0.717, 1.165) is 18.4 Å². The van der Waals surface area contributed by atoms with Crippen molar-refractivity contribution in [2.45, 2.75) is 19.8 Å². The number of nitrogens with zero attached hydrogens (tertiary/aromatic N) is 2. The molecule has 0 atom stereocenters. The van der Waals surface area contributed by atoms with Gasteiger partial charge in [-0.2, -0.15) is 0 Å². The Labute approximate surface area is 113 Å². The summed E-state index contributed by atoms with van der Waals surface area (Å²) in [4.78, 5) is 8.20. The van der Waals surface area contributed by atoms with Crippen LogP contribution in [0.3, 0.4) is 0 Å². The zero-order valence-electron chi connectivity index (χ0n) is 11.5. The van der Waals surface area contributed by atoms with E-state index >= 15 is 0 Å². The number of hydrazine groups is 1. The summed E-state index contributed by atoms with van der Waals surface area (Å²) in [5.41, 5.74) is 3.45. The van der Waals surface area contributed by atoms with Crippen LogP contribution >= 0.6 is 0 Å². The van der Waals surface area contributed by atoms with Crippen LogP contribution in [0.5, 0.6) is 5.88 Å². The molecule has 7 nitrogen and oxygen atoms in total. The first-order chi connectivity index (χ1) is 9.33. The minimum Gasteiger partial charge on any atom is -0.475 e. The van der Waals surface area contributed by atoms with Gasteiger partial charge in [-0.25, -0.2) is 15.8 Å². The summed E-state index contributed by atoms with van der Waals surface area (Å²) in [6, 6.07) is 0. The van der Waals surface area contributed by atoms with Gasteiger partial charge in [-0.1, -0.05) is 13.3 Å². The van der Waals surface area contributed by atoms with E-state index in [1.807, 2.05) is 0 Å². The highest BCUT2D eigenvalue weighted by Crippen LogP contribution is 2.22. The summed E-state index contributed by atoms with van der Waals surface area (Å²) in [7, 11) is 1.64. The number of aromatic nitrogens is 2. The Morgan fingerprint density at radius 1 is 1.21 bits per heavy atom. The number of methoxy groups -OCH3 is 1. The van der Waals surface area contributed by atoms with E-state index in [4.69, 9.17) is 20.1 Å². The second-order valence-corrected chi connectivity index (χ2v) is 3.85. The minimum absolute atomic E-state index is 0.432. The van der Waals surface area contributed by atoms with Gasteiger partial charge in [-0.3, -0.25) is 0 Å². The third-order valence-electron chi connectivity index (χ3n) is 2.44. The highest BCUT2D eigenvalue weighted by atomic mass is 16.5. The standard InChI is InChI=1S/C12H22N4O3/c1-3-4-10-11(16-13)14-9-15-12(10)19-8-7-18-6-5-17-2/h9H,3-8,13H2,1-2H3,(H,14,15,16). The van der Waals surface area contributed by atoms with E-state index < -0.39 is 0 Å². The molecule has 0 spiro atoms. The predicted molar refractivity (Wildman–Crippen MR) is 72.0 cm³/mol. The van der Waals surface area contributed by atoms with Crippen molar-refractivity contribution in [1.82, 2.24) is 9.97 Å². The van der Waals surface area contributed by atoms with Gasteiger partial charge in [0.15, 0.2) is 0 Å². The van der Waals surface area contributed by atoms with Gasteiger partial charge in [0.2, 0.25) is 5.88 Å². The normalized spacial score (nSPS) is 10.5. The molecule has 1 aromatic rings. The lowest BCUT2D eigenvalue weighted by Crippen LogP contribution is -2.15. The van der Waals surface area contributed by atoms with Crippen molar-refractivity contribution in [3.8, 4) is 5.88 Å². The van der Waals surface area contributed by atoms with E-state index in [0.29, 0.717) is 38.1 Å². The van der Waals surface area contributed by atoms with Crippen molar-refractivity contribution >= 4 is 5.82 Å². The number of anilines is 1. The number of hydrogen-bond acceptors (Lipinski definition) is 7. The van der Waals surface area contributed by atoms with E-state index in [9.17, 15) is 0 Å². The average Bonchev–Trinajstić information content (AvgIpc) is 2.44. The van der Waals surface area contributed by atoms with Crippen LogP contribution in [0.1, 0.15) is 18.9 Å². The predicted octanol–water partition coefficient (Wildman–Crippen LogP) is 0.756. The molecule has 0 bridgehead atoms. The first-order valence-electron chi connectivity index (χ1n) is 6.33. The Hall–Kier alpha value is -1.44. The lowest BCUT2D eigenvalue weighted by atomic mass is 10.2. The molecule has 0 fully saturated rings. The van der Waals surface area contributed by atoms with E-state index in [1.165, 1.54) is 6.33 Å². The molecule has 0 aliphatic heterocycles. The van der Waals surface area contributed by atoms with Gasteiger partial charge in [-0.15, -0.1) is 0 Å². The van der Waals surface area contributed by atoms with Crippen LogP contribution in [0.25, 0.3) is 0 Å². The van der Waals surface area contributed by atoms with Crippen LogP contribution in [0.4, 0.5) is 5.82 Å². The van der Waals surface area contributed by atoms with Gasteiger partial charge in [0.1, 0.15) is 18.8 Å². The third-order valence-corrected chi connectivity index (χ3v) is 2.44. The number of ether oxygens (including phenoxy) is 3. The summed E-state index contributed by atoms with van der Waals surface area (Å²) in [6.07, 6.45) is 3.19. The van der Waals surface area contributed by atoms with E-state index in [1.54, 1.807) is 7.11 Å². The van der Waals surface area contributed by atoms with Gasteiger partial charge in [-0.05, 0) is 6.42 Å². The quantitative estimate of drug-likeness (QED) is 0.368. The van der Waals surface area contributed by atoms with Crippen LogP contribution in [0.15, 0.2) is 6.33 Å². The molecule has 0 saturated carbocycles. The molecule has 1 heterocycles. The van der Waals surface area contributed by atoms with E-state index in [2.05, 4.69) is 22.3 Å². The molecule has 1 aromatic heterocycles. The monoisotopic (exact) mass is 270 g/mol. The maximum atomic E-state index is 5.60. The molecule has 1 rings (SSSR count). The lowest BCUT2D eigenvalue weighted by Gasteiger charge is -2.12. The van der Waals surface area contributed by atoms with Crippen molar-refractivity contribution in [1.29, 1.82) is 0 Å². The van der Waals surface area contributed by atoms with Gasteiger partial charge in [0.25, 0.3) is 0 Å². The van der Waals surface area contributed by atoms with Crippen LogP contribution in [0, 0.1) is 0 Å². The molecular weight excluding hydrogens is 248 g/mol. The topological polar surface area (TPSA) is 91.5 Å². The molecular formula is C12H22N4O3. The Balaban J connectivity index is 2.47. The van der Waals surface area contributed by atoms with Gasteiger partial charge < -0.3 is 19.6 Å². The first-order valence-corrected chi connectivity index (χ1v) is 6.33.